The third kappa shape index (κ3) is 6.89. The third-order valence-corrected chi connectivity index (χ3v) is 13.7. The van der Waals surface area contributed by atoms with Crippen molar-refractivity contribution in [3.05, 3.63) is 161 Å². The van der Waals surface area contributed by atoms with Crippen LogP contribution in [-0.2, 0) is 21.7 Å². The van der Waals surface area contributed by atoms with E-state index in [9.17, 15) is 0 Å². The minimum atomic E-state index is -0.0118. The van der Waals surface area contributed by atoms with Crippen LogP contribution in [0.2, 0.25) is 0 Å². The molecule has 0 aliphatic carbocycles. The first kappa shape index (κ1) is 41.0. The molecule has 0 N–H and O–H groups in total. The van der Waals surface area contributed by atoms with Crippen LogP contribution in [0.3, 0.4) is 0 Å². The summed E-state index contributed by atoms with van der Waals surface area (Å²) in [6, 6.07) is 51.2. The number of aryl methyl sites for hydroxylation is 1. The van der Waals surface area contributed by atoms with Gasteiger partial charge in [-0.05, 0) is 151 Å². The molecule has 0 saturated heterocycles. The molecule has 0 bridgehead atoms. The molecule has 10 rings (SSSR count). The monoisotopic (exact) mass is 824 g/mol. The predicted octanol–water partition coefficient (Wildman–Crippen LogP) is 14.8. The van der Waals surface area contributed by atoms with Crippen LogP contribution < -0.4 is 26.2 Å². The van der Waals surface area contributed by atoms with Crippen molar-refractivity contribution in [1.82, 2.24) is 0 Å². The molecule has 0 amide bonds. The predicted molar refractivity (Wildman–Crippen MR) is 273 cm³/mol. The van der Waals surface area contributed by atoms with Gasteiger partial charge in [0, 0.05) is 44.9 Å². The molecule has 4 heteroatoms. The molecule has 0 unspecified atom stereocenters. The first-order valence-electron chi connectivity index (χ1n) is 22.9. The number of nitrogens with zero attached hydrogens (tertiary/aromatic N) is 2. The van der Waals surface area contributed by atoms with E-state index in [0.29, 0.717) is 0 Å². The van der Waals surface area contributed by atoms with Gasteiger partial charge in [0.2, 0.25) is 0 Å². The minimum Gasteiger partial charge on any atom is -0.456 e. The molecule has 0 radical (unpaired) electrons. The molecular formula is C59H61BN2O. The fourth-order valence-electron chi connectivity index (χ4n) is 9.96. The number of fused-ring (bicyclic) bond motifs is 7. The molecular weight excluding hydrogens is 763 g/mol. The maximum Gasteiger partial charge on any atom is 0.252 e. The Balaban J connectivity index is 1.15. The van der Waals surface area contributed by atoms with Gasteiger partial charge in [-0.3, -0.25) is 0 Å². The highest BCUT2D eigenvalue weighted by molar-refractivity contribution is 7.00. The van der Waals surface area contributed by atoms with E-state index >= 15 is 0 Å². The molecule has 63 heavy (non-hydrogen) atoms. The van der Waals surface area contributed by atoms with Gasteiger partial charge in [0.15, 0.2) is 0 Å². The Morgan fingerprint density at radius 3 is 1.44 bits per heavy atom. The van der Waals surface area contributed by atoms with Gasteiger partial charge in [0.25, 0.3) is 6.71 Å². The lowest BCUT2D eigenvalue weighted by Gasteiger charge is -2.45. The Morgan fingerprint density at radius 1 is 0.381 bits per heavy atom. The van der Waals surface area contributed by atoms with Crippen LogP contribution in [-0.4, -0.2) is 6.71 Å². The summed E-state index contributed by atoms with van der Waals surface area (Å²) < 4.78 is 6.53. The lowest BCUT2D eigenvalue weighted by atomic mass is 9.33. The second kappa shape index (κ2) is 14.0. The van der Waals surface area contributed by atoms with Crippen molar-refractivity contribution in [3.63, 3.8) is 0 Å². The molecule has 0 fully saturated rings. The Labute approximate surface area is 375 Å². The lowest BCUT2D eigenvalue weighted by Crippen LogP contribution is -2.61. The molecule has 3 heterocycles. The molecule has 2 aliphatic rings. The normalized spacial score (nSPS) is 14.0. The molecule has 0 saturated carbocycles. The highest BCUT2D eigenvalue weighted by Crippen LogP contribution is 2.46. The molecule has 3 nitrogen and oxygen atoms in total. The van der Waals surface area contributed by atoms with Gasteiger partial charge in [-0.15, -0.1) is 0 Å². The van der Waals surface area contributed by atoms with Crippen molar-refractivity contribution >= 4 is 79.2 Å². The average Bonchev–Trinajstić information content (AvgIpc) is 3.59. The number of hydrogen-bond acceptors (Lipinski definition) is 3. The molecule has 316 valence electrons. The van der Waals surface area contributed by atoms with Gasteiger partial charge in [-0.2, -0.15) is 0 Å². The molecule has 0 spiro atoms. The summed E-state index contributed by atoms with van der Waals surface area (Å²) in [5, 5.41) is 2.32. The quantitative estimate of drug-likeness (QED) is 0.166. The van der Waals surface area contributed by atoms with E-state index in [1.807, 2.05) is 0 Å². The second-order valence-corrected chi connectivity index (χ2v) is 22.5. The first-order valence-corrected chi connectivity index (χ1v) is 22.9. The van der Waals surface area contributed by atoms with E-state index in [1.54, 1.807) is 0 Å². The fourth-order valence-corrected chi connectivity index (χ4v) is 9.96. The van der Waals surface area contributed by atoms with Gasteiger partial charge < -0.3 is 14.2 Å². The van der Waals surface area contributed by atoms with Crippen LogP contribution in [0.15, 0.2) is 138 Å². The van der Waals surface area contributed by atoms with Crippen molar-refractivity contribution in [2.75, 3.05) is 9.80 Å². The molecule has 1 aromatic heterocycles. The summed E-state index contributed by atoms with van der Waals surface area (Å²) in [4.78, 5) is 5.08. The van der Waals surface area contributed by atoms with Crippen LogP contribution >= 0.6 is 0 Å². The Bertz CT molecular complexity index is 3100. The van der Waals surface area contributed by atoms with Crippen LogP contribution in [0.1, 0.15) is 111 Å². The van der Waals surface area contributed by atoms with E-state index < -0.39 is 0 Å². The summed E-state index contributed by atoms with van der Waals surface area (Å²) in [6.45, 7) is 29.9. The van der Waals surface area contributed by atoms with Crippen molar-refractivity contribution in [2.24, 2.45) is 0 Å². The van der Waals surface area contributed by atoms with Crippen LogP contribution in [0.4, 0.5) is 34.1 Å². The van der Waals surface area contributed by atoms with Crippen LogP contribution in [0.5, 0.6) is 0 Å². The van der Waals surface area contributed by atoms with Gasteiger partial charge >= 0.3 is 0 Å². The maximum atomic E-state index is 6.53. The zero-order chi connectivity index (χ0) is 44.5. The van der Waals surface area contributed by atoms with Gasteiger partial charge in [-0.25, -0.2) is 0 Å². The van der Waals surface area contributed by atoms with E-state index in [4.69, 9.17) is 4.42 Å². The SMILES string of the molecule is Cc1cc2c3c(c1)N(c1ccc(C(C)(C)C)cc1)c1cc(C(C)(C)C)ccc1B3c1cc(C(C)(C)C)ccc1N2c1ccc(-c2ccc3c(c2)oc2cc(C(C)(C)C)ccc23)cc1. The first-order chi connectivity index (χ1) is 29.6. The van der Waals surface area contributed by atoms with Crippen LogP contribution in [0, 0.1) is 6.92 Å². The lowest BCUT2D eigenvalue weighted by molar-refractivity contribution is 0.587. The third-order valence-electron chi connectivity index (χ3n) is 13.7. The second-order valence-electron chi connectivity index (χ2n) is 22.5. The van der Waals surface area contributed by atoms with E-state index in [1.165, 1.54) is 72.6 Å². The summed E-state index contributed by atoms with van der Waals surface area (Å²) >= 11 is 0. The minimum absolute atomic E-state index is 0.00432. The Kier molecular flexibility index (Phi) is 9.12. The number of furan rings is 1. The zero-order valence-electron chi connectivity index (χ0n) is 39.6. The topological polar surface area (TPSA) is 19.6 Å². The number of benzene rings is 7. The average molecular weight is 825 g/mol. The summed E-state index contributed by atoms with van der Waals surface area (Å²) in [7, 11) is 0. The summed E-state index contributed by atoms with van der Waals surface area (Å²) in [5.74, 6) is 0. The molecule has 2 aliphatic heterocycles. The van der Waals surface area contributed by atoms with Crippen molar-refractivity contribution in [3.8, 4) is 11.1 Å². The standard InChI is InChI=1S/C59H61BN2O/c1-36-30-51-55-52(31-36)62(44-24-17-39(18-25-44)56(2,3)4)50-34-41(58(8,9)10)20-28-47(50)60(55)48-33-40(57(5,6)7)21-29-49(48)61(51)43-22-14-37(15-23-43)38-16-26-45-46-27-19-42(59(11,12)13)35-54(46)63-53(45)32-38/h14-35H,1-13H3. The van der Waals surface area contributed by atoms with Gasteiger partial charge in [-0.1, -0.05) is 150 Å². The summed E-state index contributed by atoms with van der Waals surface area (Å²) in [5.41, 5.74) is 22.2. The molecule has 8 aromatic rings. The highest BCUT2D eigenvalue weighted by atomic mass is 16.3. The zero-order valence-corrected chi connectivity index (χ0v) is 39.6. The number of hydrogen-bond donors (Lipinski definition) is 0. The smallest absolute Gasteiger partial charge is 0.252 e. The number of anilines is 6. The van der Waals surface area contributed by atoms with E-state index in [0.717, 1.165) is 38.8 Å². The van der Waals surface area contributed by atoms with E-state index in [-0.39, 0.29) is 28.4 Å². The van der Waals surface area contributed by atoms with Crippen LogP contribution in [0.25, 0.3) is 33.1 Å². The Hall–Kier alpha value is -6.00. The van der Waals surface area contributed by atoms with Gasteiger partial charge in [0.05, 0.1) is 0 Å². The number of rotatable bonds is 3. The summed E-state index contributed by atoms with van der Waals surface area (Å²) in [6.07, 6.45) is 0. The molecule has 0 atom stereocenters. The molecule has 7 aromatic carbocycles. The highest BCUT2D eigenvalue weighted by Gasteiger charge is 2.44. The van der Waals surface area contributed by atoms with Crippen molar-refractivity contribution in [2.45, 2.75) is 112 Å². The maximum absolute atomic E-state index is 6.53. The van der Waals surface area contributed by atoms with Gasteiger partial charge in [0.1, 0.15) is 11.2 Å². The van der Waals surface area contributed by atoms with Crippen molar-refractivity contribution in [1.29, 1.82) is 0 Å². The Morgan fingerprint density at radius 2 is 0.841 bits per heavy atom. The van der Waals surface area contributed by atoms with Crippen molar-refractivity contribution < 1.29 is 4.42 Å². The largest absolute Gasteiger partial charge is 0.456 e. The fraction of sp³-hybridized carbons (Fsp3) is 0.288. The van der Waals surface area contributed by atoms with E-state index in [2.05, 4.69) is 233 Å².